The summed E-state index contributed by atoms with van der Waals surface area (Å²) < 4.78 is 0. The molecule has 0 saturated carbocycles. The van der Waals surface area contributed by atoms with Crippen LogP contribution in [0.25, 0.3) is 0 Å². The highest BCUT2D eigenvalue weighted by atomic mass is 35.5. The molecule has 21 heavy (non-hydrogen) atoms. The van der Waals surface area contributed by atoms with Crippen molar-refractivity contribution in [1.82, 2.24) is 10.2 Å². The molecule has 1 unspecified atom stereocenters. The summed E-state index contributed by atoms with van der Waals surface area (Å²) in [5, 5.41) is 2.96. The minimum Gasteiger partial charge on any atom is -0.350 e. The lowest BCUT2D eigenvalue weighted by atomic mass is 9.96. The molecule has 0 fully saturated rings. The van der Waals surface area contributed by atoms with Crippen molar-refractivity contribution in [3.63, 3.8) is 0 Å². The molecule has 0 bridgehead atoms. The lowest BCUT2D eigenvalue weighted by molar-refractivity contribution is -0.126. The van der Waals surface area contributed by atoms with Gasteiger partial charge in [0.25, 0.3) is 0 Å². The number of nitrogens with one attached hydrogen (secondary N) is 1. The smallest absolute Gasteiger partial charge is 0.240 e. The summed E-state index contributed by atoms with van der Waals surface area (Å²) in [6.07, 6.45) is 1.59. The van der Waals surface area contributed by atoms with Gasteiger partial charge in [-0.05, 0) is 38.6 Å². The first-order valence-electron chi connectivity index (χ1n) is 7.15. The van der Waals surface area contributed by atoms with E-state index in [1.54, 1.807) is 6.92 Å². The lowest BCUT2D eigenvalue weighted by Crippen LogP contribution is -2.51. The Hall–Kier alpha value is -1.10. The lowest BCUT2D eigenvalue weighted by Gasteiger charge is -2.23. The number of carbonyl (C=O) groups excluding carboxylic acids is 1. The SMILES string of the molecule is CCCC(C)(N)C(=O)NCc1ccccc1CN(C)C.Cl. The highest BCUT2D eigenvalue weighted by Crippen LogP contribution is 2.12. The molecule has 0 aliphatic rings. The number of carbonyl (C=O) groups is 1. The monoisotopic (exact) mass is 313 g/mol. The normalized spacial score (nSPS) is 13.4. The van der Waals surface area contributed by atoms with E-state index in [0.29, 0.717) is 13.0 Å². The number of halogens is 1. The van der Waals surface area contributed by atoms with Crippen molar-refractivity contribution in [2.45, 2.75) is 45.3 Å². The van der Waals surface area contributed by atoms with E-state index in [9.17, 15) is 4.79 Å². The standard InChI is InChI=1S/C16H27N3O.ClH/c1-5-10-16(2,17)15(20)18-11-13-8-6-7-9-14(13)12-19(3)4;/h6-9H,5,10-12,17H2,1-4H3,(H,18,20);1H. The van der Waals surface area contributed by atoms with E-state index >= 15 is 0 Å². The predicted molar refractivity (Wildman–Crippen MR) is 90.4 cm³/mol. The van der Waals surface area contributed by atoms with E-state index in [2.05, 4.69) is 16.3 Å². The molecule has 0 heterocycles. The first kappa shape index (κ1) is 19.9. The van der Waals surface area contributed by atoms with Crippen LogP contribution in [0.15, 0.2) is 24.3 Å². The zero-order valence-electron chi connectivity index (χ0n) is 13.5. The minimum atomic E-state index is -0.786. The fraction of sp³-hybridized carbons (Fsp3) is 0.562. The maximum atomic E-state index is 12.1. The molecule has 5 heteroatoms. The van der Waals surface area contributed by atoms with Crippen molar-refractivity contribution in [2.24, 2.45) is 5.73 Å². The van der Waals surface area contributed by atoms with Gasteiger partial charge in [-0.2, -0.15) is 0 Å². The van der Waals surface area contributed by atoms with Crippen LogP contribution in [0, 0.1) is 0 Å². The number of amides is 1. The molecule has 0 saturated heterocycles. The number of nitrogens with zero attached hydrogens (tertiary/aromatic N) is 1. The van der Waals surface area contributed by atoms with Crippen molar-refractivity contribution in [2.75, 3.05) is 14.1 Å². The van der Waals surface area contributed by atoms with E-state index < -0.39 is 5.54 Å². The molecule has 0 aromatic heterocycles. The average Bonchev–Trinajstić information content (AvgIpc) is 2.36. The number of benzene rings is 1. The van der Waals surface area contributed by atoms with Crippen LogP contribution in [-0.4, -0.2) is 30.4 Å². The summed E-state index contributed by atoms with van der Waals surface area (Å²) in [6, 6.07) is 8.16. The van der Waals surface area contributed by atoms with Crippen molar-refractivity contribution < 1.29 is 4.79 Å². The summed E-state index contributed by atoms with van der Waals surface area (Å²) in [5.41, 5.74) is 7.62. The fourth-order valence-corrected chi connectivity index (χ4v) is 2.24. The van der Waals surface area contributed by atoms with E-state index in [-0.39, 0.29) is 18.3 Å². The third kappa shape index (κ3) is 6.46. The summed E-state index contributed by atoms with van der Waals surface area (Å²) in [4.78, 5) is 14.2. The molecule has 0 aliphatic carbocycles. The van der Waals surface area contributed by atoms with Crippen molar-refractivity contribution in [3.8, 4) is 0 Å². The predicted octanol–water partition coefficient (Wildman–Crippen LogP) is 2.30. The maximum absolute atomic E-state index is 12.1. The number of hydrogen-bond acceptors (Lipinski definition) is 3. The molecule has 1 aromatic rings. The van der Waals surface area contributed by atoms with Gasteiger partial charge in [-0.3, -0.25) is 4.79 Å². The summed E-state index contributed by atoms with van der Waals surface area (Å²) in [5.74, 6) is -0.0843. The van der Waals surface area contributed by atoms with Crippen LogP contribution in [0.2, 0.25) is 0 Å². The van der Waals surface area contributed by atoms with Crippen LogP contribution < -0.4 is 11.1 Å². The van der Waals surface area contributed by atoms with Crippen LogP contribution in [0.3, 0.4) is 0 Å². The van der Waals surface area contributed by atoms with E-state index in [4.69, 9.17) is 5.73 Å². The second kappa shape index (κ2) is 9.03. The second-order valence-electron chi connectivity index (χ2n) is 5.86. The van der Waals surface area contributed by atoms with Gasteiger partial charge in [-0.15, -0.1) is 12.4 Å². The van der Waals surface area contributed by atoms with Gasteiger partial charge in [-0.25, -0.2) is 0 Å². The summed E-state index contributed by atoms with van der Waals surface area (Å²) in [7, 11) is 4.07. The second-order valence-corrected chi connectivity index (χ2v) is 5.86. The van der Waals surface area contributed by atoms with Gasteiger partial charge in [0.1, 0.15) is 0 Å². The highest BCUT2D eigenvalue weighted by Gasteiger charge is 2.26. The molecule has 120 valence electrons. The molecule has 0 aliphatic heterocycles. The Kier molecular flexibility index (Phi) is 8.55. The molecule has 1 amide bonds. The molecular formula is C16H28ClN3O. The van der Waals surface area contributed by atoms with Gasteiger partial charge in [0, 0.05) is 13.1 Å². The Morgan fingerprint density at radius 3 is 2.38 bits per heavy atom. The molecule has 1 atom stereocenters. The van der Waals surface area contributed by atoms with Crippen LogP contribution >= 0.6 is 12.4 Å². The Morgan fingerprint density at radius 1 is 1.29 bits per heavy atom. The number of hydrogen-bond donors (Lipinski definition) is 2. The van der Waals surface area contributed by atoms with Crippen LogP contribution in [0.1, 0.15) is 37.8 Å². The largest absolute Gasteiger partial charge is 0.350 e. The molecule has 3 N–H and O–H groups in total. The van der Waals surface area contributed by atoms with Crippen molar-refractivity contribution >= 4 is 18.3 Å². The molecule has 0 radical (unpaired) electrons. The number of rotatable bonds is 7. The average molecular weight is 314 g/mol. The Labute approximate surface area is 134 Å². The van der Waals surface area contributed by atoms with Gasteiger partial charge >= 0.3 is 0 Å². The third-order valence-corrected chi connectivity index (χ3v) is 3.33. The van der Waals surface area contributed by atoms with Crippen molar-refractivity contribution in [1.29, 1.82) is 0 Å². The van der Waals surface area contributed by atoms with Gasteiger partial charge in [-0.1, -0.05) is 37.6 Å². The Balaban J connectivity index is 0.00000400. The molecule has 4 nitrogen and oxygen atoms in total. The molecule has 0 spiro atoms. The molecule has 1 rings (SSSR count). The highest BCUT2D eigenvalue weighted by molar-refractivity contribution is 5.85. The summed E-state index contributed by atoms with van der Waals surface area (Å²) in [6.45, 7) is 5.21. The zero-order chi connectivity index (χ0) is 15.2. The first-order valence-corrected chi connectivity index (χ1v) is 7.15. The molecular weight excluding hydrogens is 286 g/mol. The quantitative estimate of drug-likeness (QED) is 0.812. The zero-order valence-corrected chi connectivity index (χ0v) is 14.3. The maximum Gasteiger partial charge on any atom is 0.240 e. The van der Waals surface area contributed by atoms with Gasteiger partial charge < -0.3 is 16.0 Å². The minimum absolute atomic E-state index is 0. The topological polar surface area (TPSA) is 58.4 Å². The van der Waals surface area contributed by atoms with E-state index in [1.165, 1.54) is 5.56 Å². The summed E-state index contributed by atoms with van der Waals surface area (Å²) >= 11 is 0. The first-order chi connectivity index (χ1) is 9.36. The van der Waals surface area contributed by atoms with Crippen LogP contribution in [0.5, 0.6) is 0 Å². The fourth-order valence-electron chi connectivity index (χ4n) is 2.24. The molecule has 1 aromatic carbocycles. The van der Waals surface area contributed by atoms with Gasteiger partial charge in [0.05, 0.1) is 5.54 Å². The van der Waals surface area contributed by atoms with Gasteiger partial charge in [0.15, 0.2) is 0 Å². The Morgan fingerprint density at radius 2 is 1.86 bits per heavy atom. The van der Waals surface area contributed by atoms with E-state index in [1.807, 2.05) is 39.2 Å². The Bertz CT molecular complexity index is 447. The number of nitrogens with two attached hydrogens (primary N) is 1. The van der Waals surface area contributed by atoms with Crippen LogP contribution in [0.4, 0.5) is 0 Å². The van der Waals surface area contributed by atoms with Crippen LogP contribution in [-0.2, 0) is 17.9 Å². The van der Waals surface area contributed by atoms with Crippen molar-refractivity contribution in [3.05, 3.63) is 35.4 Å². The van der Waals surface area contributed by atoms with E-state index in [0.717, 1.165) is 18.5 Å². The third-order valence-electron chi connectivity index (χ3n) is 3.33. The van der Waals surface area contributed by atoms with Gasteiger partial charge in [0.2, 0.25) is 5.91 Å².